The van der Waals surface area contributed by atoms with Gasteiger partial charge < -0.3 is 14.4 Å². The van der Waals surface area contributed by atoms with Gasteiger partial charge in [-0.3, -0.25) is 14.2 Å². The monoisotopic (exact) mass is 475 g/mol. The Morgan fingerprint density at radius 3 is 2.75 bits per heavy atom. The van der Waals surface area contributed by atoms with Gasteiger partial charge in [-0.15, -0.1) is 0 Å². The highest BCUT2D eigenvalue weighted by Gasteiger charge is 2.17. The molecule has 0 unspecified atom stereocenters. The number of hydrogen-bond donors (Lipinski definition) is 0. The lowest BCUT2D eigenvalue weighted by Crippen LogP contribution is -2.29. The van der Waals surface area contributed by atoms with Gasteiger partial charge in [0.05, 0.1) is 29.3 Å². The van der Waals surface area contributed by atoms with E-state index in [0.29, 0.717) is 47.7 Å². The Morgan fingerprint density at radius 1 is 1.25 bits per heavy atom. The first kappa shape index (κ1) is 24.0. The molecule has 0 fully saturated rings. The fraction of sp³-hybridized carbons (Fsp3) is 0.364. The molecule has 0 atom stereocenters. The molecule has 0 aliphatic carbocycles. The highest BCUT2D eigenvalue weighted by molar-refractivity contribution is 7.99. The van der Waals surface area contributed by atoms with Crippen molar-refractivity contribution in [1.82, 2.24) is 14.5 Å². The number of nitrogens with zero attached hydrogens (tertiary/aromatic N) is 3. The van der Waals surface area contributed by atoms with Crippen molar-refractivity contribution in [2.24, 2.45) is 0 Å². The number of carbonyl (C=O) groups is 2. The standard InChI is InChI=1S/C22H25N3O5S2/c1-24(12-15-7-10-31-13-15)19(26)14-32-22-23-18-11-16(21(28)30-3)5-6-17(18)20(27)25(22)8-4-9-29-2/h5-7,10-11,13H,4,8-9,12,14H2,1-3H3. The average Bonchev–Trinajstić information content (AvgIpc) is 3.31. The molecule has 2 aromatic heterocycles. The van der Waals surface area contributed by atoms with Crippen LogP contribution in [0.2, 0.25) is 0 Å². The first-order valence-corrected chi connectivity index (χ1v) is 11.9. The van der Waals surface area contributed by atoms with Gasteiger partial charge in [-0.25, -0.2) is 9.78 Å². The quantitative estimate of drug-likeness (QED) is 0.193. The molecule has 0 spiro atoms. The summed E-state index contributed by atoms with van der Waals surface area (Å²) in [4.78, 5) is 43.9. The minimum atomic E-state index is -0.502. The second-order valence-corrected chi connectivity index (χ2v) is 8.81. The number of esters is 1. The molecule has 0 aliphatic rings. The fourth-order valence-electron chi connectivity index (χ4n) is 3.10. The molecular formula is C22H25N3O5S2. The van der Waals surface area contributed by atoms with Crippen molar-refractivity contribution in [1.29, 1.82) is 0 Å². The molecular weight excluding hydrogens is 450 g/mol. The molecule has 0 aliphatic heterocycles. The van der Waals surface area contributed by atoms with Crippen LogP contribution >= 0.6 is 23.1 Å². The molecule has 0 saturated heterocycles. The zero-order valence-corrected chi connectivity index (χ0v) is 19.8. The van der Waals surface area contributed by atoms with Crippen LogP contribution in [0.15, 0.2) is 45.0 Å². The molecule has 8 nitrogen and oxygen atoms in total. The molecule has 2 heterocycles. The van der Waals surface area contributed by atoms with Gasteiger partial charge in [0.15, 0.2) is 5.16 Å². The highest BCUT2D eigenvalue weighted by atomic mass is 32.2. The lowest BCUT2D eigenvalue weighted by molar-refractivity contribution is -0.127. The molecule has 3 aromatic rings. The van der Waals surface area contributed by atoms with Gasteiger partial charge in [-0.1, -0.05) is 11.8 Å². The van der Waals surface area contributed by atoms with E-state index < -0.39 is 5.97 Å². The molecule has 170 valence electrons. The molecule has 0 bridgehead atoms. The number of ether oxygens (including phenoxy) is 2. The molecule has 1 aromatic carbocycles. The van der Waals surface area contributed by atoms with Gasteiger partial charge in [-0.2, -0.15) is 11.3 Å². The van der Waals surface area contributed by atoms with Crippen LogP contribution in [0.1, 0.15) is 22.3 Å². The number of aromatic nitrogens is 2. The van der Waals surface area contributed by atoms with Crippen LogP contribution in [0.25, 0.3) is 10.9 Å². The van der Waals surface area contributed by atoms with Crippen molar-refractivity contribution in [3.05, 3.63) is 56.5 Å². The number of hydrogen-bond acceptors (Lipinski definition) is 8. The van der Waals surface area contributed by atoms with Crippen LogP contribution in [0.4, 0.5) is 0 Å². The number of thioether (sulfide) groups is 1. The number of amides is 1. The summed E-state index contributed by atoms with van der Waals surface area (Å²) in [7, 11) is 4.66. The van der Waals surface area contributed by atoms with E-state index in [1.807, 2.05) is 16.8 Å². The summed E-state index contributed by atoms with van der Waals surface area (Å²) in [5, 5.41) is 4.81. The predicted octanol–water partition coefficient (Wildman–Crippen LogP) is 3.03. The maximum Gasteiger partial charge on any atom is 0.337 e. The highest BCUT2D eigenvalue weighted by Crippen LogP contribution is 2.20. The molecule has 10 heteroatoms. The minimum absolute atomic E-state index is 0.0673. The Kier molecular flexibility index (Phi) is 8.43. The van der Waals surface area contributed by atoms with E-state index in [1.54, 1.807) is 47.1 Å². The van der Waals surface area contributed by atoms with E-state index in [2.05, 4.69) is 4.98 Å². The van der Waals surface area contributed by atoms with Gasteiger partial charge in [0, 0.05) is 33.9 Å². The average molecular weight is 476 g/mol. The van der Waals surface area contributed by atoms with Gasteiger partial charge in [0.25, 0.3) is 5.56 Å². The molecule has 0 radical (unpaired) electrons. The van der Waals surface area contributed by atoms with E-state index in [9.17, 15) is 14.4 Å². The largest absolute Gasteiger partial charge is 0.465 e. The van der Waals surface area contributed by atoms with Gasteiger partial charge in [-0.05, 0) is 47.0 Å². The van der Waals surface area contributed by atoms with E-state index in [1.165, 1.54) is 24.9 Å². The number of rotatable bonds is 10. The summed E-state index contributed by atoms with van der Waals surface area (Å²) >= 11 is 2.80. The van der Waals surface area contributed by atoms with Crippen molar-refractivity contribution >= 4 is 45.9 Å². The van der Waals surface area contributed by atoms with Crippen molar-refractivity contribution in [3.63, 3.8) is 0 Å². The maximum absolute atomic E-state index is 13.1. The van der Waals surface area contributed by atoms with Crippen molar-refractivity contribution < 1.29 is 19.1 Å². The number of methoxy groups -OCH3 is 2. The smallest absolute Gasteiger partial charge is 0.337 e. The van der Waals surface area contributed by atoms with Crippen molar-refractivity contribution in [2.75, 3.05) is 33.6 Å². The Morgan fingerprint density at radius 2 is 2.06 bits per heavy atom. The third-order valence-electron chi connectivity index (χ3n) is 4.82. The van der Waals surface area contributed by atoms with E-state index in [-0.39, 0.29) is 17.2 Å². The van der Waals surface area contributed by atoms with Crippen LogP contribution in [0.5, 0.6) is 0 Å². The van der Waals surface area contributed by atoms with Crippen LogP contribution in [0.3, 0.4) is 0 Å². The zero-order valence-electron chi connectivity index (χ0n) is 18.2. The first-order chi connectivity index (χ1) is 15.4. The lowest BCUT2D eigenvalue weighted by atomic mass is 10.1. The third kappa shape index (κ3) is 5.76. The van der Waals surface area contributed by atoms with Gasteiger partial charge in [0.1, 0.15) is 0 Å². The zero-order chi connectivity index (χ0) is 23.1. The van der Waals surface area contributed by atoms with Crippen LogP contribution in [0, 0.1) is 0 Å². The summed E-state index contributed by atoms with van der Waals surface area (Å²) < 4.78 is 11.4. The van der Waals surface area contributed by atoms with E-state index in [4.69, 9.17) is 9.47 Å². The van der Waals surface area contributed by atoms with E-state index >= 15 is 0 Å². The summed E-state index contributed by atoms with van der Waals surface area (Å²) in [6.07, 6.45) is 0.628. The Labute approximate surface area is 194 Å². The van der Waals surface area contributed by atoms with Crippen LogP contribution in [-0.4, -0.2) is 60.0 Å². The minimum Gasteiger partial charge on any atom is -0.465 e. The van der Waals surface area contributed by atoms with Crippen LogP contribution in [-0.2, 0) is 27.4 Å². The first-order valence-electron chi connectivity index (χ1n) is 9.94. The van der Waals surface area contributed by atoms with Crippen LogP contribution < -0.4 is 5.56 Å². The third-order valence-corrected chi connectivity index (χ3v) is 6.52. The topological polar surface area (TPSA) is 90.7 Å². The molecule has 3 rings (SSSR count). The number of fused-ring (bicyclic) bond motifs is 1. The van der Waals surface area contributed by atoms with Gasteiger partial charge >= 0.3 is 5.97 Å². The van der Waals surface area contributed by atoms with Crippen molar-refractivity contribution in [3.8, 4) is 0 Å². The Bertz CT molecular complexity index is 1140. The normalized spacial score (nSPS) is 11.0. The van der Waals surface area contributed by atoms with Gasteiger partial charge in [0.2, 0.25) is 5.91 Å². The number of carbonyl (C=O) groups excluding carboxylic acids is 2. The molecule has 1 amide bonds. The number of thiophene rings is 1. The summed E-state index contributed by atoms with van der Waals surface area (Å²) in [6.45, 7) is 1.44. The lowest BCUT2D eigenvalue weighted by Gasteiger charge is -2.17. The summed E-state index contributed by atoms with van der Waals surface area (Å²) in [5.74, 6) is -0.431. The summed E-state index contributed by atoms with van der Waals surface area (Å²) in [5.41, 5.74) is 1.56. The van der Waals surface area contributed by atoms with E-state index in [0.717, 1.165) is 5.56 Å². The second-order valence-electron chi connectivity index (χ2n) is 7.09. The Hall–Kier alpha value is -2.69. The predicted molar refractivity (Wildman–Crippen MR) is 125 cm³/mol. The molecule has 0 saturated carbocycles. The fourth-order valence-corrected chi connectivity index (χ4v) is 4.73. The summed E-state index contributed by atoms with van der Waals surface area (Å²) in [6, 6.07) is 6.65. The van der Waals surface area contributed by atoms with Crippen molar-refractivity contribution in [2.45, 2.75) is 24.7 Å². The number of benzene rings is 1. The molecule has 0 N–H and O–H groups in total. The maximum atomic E-state index is 13.1. The SMILES string of the molecule is COCCCn1c(SCC(=O)N(C)Cc2ccsc2)nc2cc(C(=O)OC)ccc2c1=O. The second kappa shape index (κ2) is 11.3. The Balaban J connectivity index is 1.87. The molecule has 32 heavy (non-hydrogen) atoms.